The third-order valence-corrected chi connectivity index (χ3v) is 2.99. The fourth-order valence-corrected chi connectivity index (χ4v) is 2.08. The second-order valence-corrected chi connectivity index (χ2v) is 4.24. The van der Waals surface area contributed by atoms with E-state index in [1.165, 1.54) is 31.7 Å². The number of aryl methyl sites for hydroxylation is 1. The zero-order valence-corrected chi connectivity index (χ0v) is 13.5. The Morgan fingerprint density at radius 2 is 1.79 bits per heavy atom. The van der Waals surface area contributed by atoms with E-state index in [0.29, 0.717) is 6.04 Å². The standard InChI is InChI=1S/C13H17FN.C2H5.2Co/c1-10-9-11(14)7-8-13(10)15-12-5-3-2-4-6-12;1-2;;/h2,7-9,12,15H,3-6H2,1H3;1H2,2H3;;/q2*-1;;. The van der Waals surface area contributed by atoms with Gasteiger partial charge in [-0.05, 0) is 30.7 Å². The molecule has 1 aromatic rings. The molecule has 1 saturated carbocycles. The molecule has 0 bridgehead atoms. The summed E-state index contributed by atoms with van der Waals surface area (Å²) in [5.41, 5.74) is 2.06. The average Bonchev–Trinajstić information content (AvgIpc) is 2.37. The zero-order valence-electron chi connectivity index (χ0n) is 11.5. The van der Waals surface area contributed by atoms with E-state index < -0.39 is 0 Å². The molecule has 1 fully saturated rings. The zero-order chi connectivity index (χ0) is 12.7. The Morgan fingerprint density at radius 3 is 2.32 bits per heavy atom. The van der Waals surface area contributed by atoms with E-state index in [4.69, 9.17) is 0 Å². The van der Waals surface area contributed by atoms with Crippen molar-refractivity contribution in [3.05, 3.63) is 42.9 Å². The summed E-state index contributed by atoms with van der Waals surface area (Å²) >= 11 is 0. The number of anilines is 1. The summed E-state index contributed by atoms with van der Waals surface area (Å²) in [7, 11) is 0. The predicted molar refractivity (Wildman–Crippen MR) is 72.3 cm³/mol. The van der Waals surface area contributed by atoms with Crippen LogP contribution in [0.5, 0.6) is 0 Å². The summed E-state index contributed by atoms with van der Waals surface area (Å²) in [5.74, 6) is -0.157. The summed E-state index contributed by atoms with van der Waals surface area (Å²) in [6.45, 7) is 6.94. The van der Waals surface area contributed by atoms with Gasteiger partial charge in [0.05, 0.1) is 0 Å². The second kappa shape index (κ2) is 11.8. The normalized spacial score (nSPS) is 14.3. The number of hydrogen-bond acceptors (Lipinski definition) is 1. The van der Waals surface area contributed by atoms with E-state index in [1.54, 1.807) is 13.0 Å². The van der Waals surface area contributed by atoms with Crippen molar-refractivity contribution in [1.82, 2.24) is 0 Å². The number of hydrogen-bond donors (Lipinski definition) is 1. The van der Waals surface area contributed by atoms with Crippen LogP contribution in [-0.2, 0) is 33.6 Å². The van der Waals surface area contributed by atoms with Gasteiger partial charge in [-0.25, -0.2) is 4.39 Å². The van der Waals surface area contributed by atoms with E-state index in [0.717, 1.165) is 11.3 Å². The summed E-state index contributed by atoms with van der Waals surface area (Å²) in [5, 5.41) is 3.49. The Kier molecular flexibility index (Phi) is 13.2. The Morgan fingerprint density at radius 1 is 1.21 bits per heavy atom. The molecular weight excluding hydrogens is 331 g/mol. The minimum atomic E-state index is -0.157. The molecule has 0 atom stereocenters. The van der Waals surface area contributed by atoms with E-state index in [9.17, 15) is 4.39 Å². The fraction of sp³-hybridized carbons (Fsp3) is 0.467. The molecule has 19 heavy (non-hydrogen) atoms. The summed E-state index contributed by atoms with van der Waals surface area (Å²) in [6.07, 6.45) is 7.11. The molecule has 0 spiro atoms. The third-order valence-electron chi connectivity index (χ3n) is 2.99. The molecule has 2 radical (unpaired) electrons. The van der Waals surface area contributed by atoms with Gasteiger partial charge in [0.1, 0.15) is 5.82 Å². The van der Waals surface area contributed by atoms with Crippen LogP contribution in [0.25, 0.3) is 0 Å². The molecule has 114 valence electrons. The topological polar surface area (TPSA) is 12.0 Å². The van der Waals surface area contributed by atoms with Crippen LogP contribution in [0.1, 0.15) is 38.2 Å². The van der Waals surface area contributed by atoms with Gasteiger partial charge in [-0.15, -0.1) is 0 Å². The number of rotatable bonds is 2. The largest absolute Gasteiger partial charge is 0.382 e. The SMILES string of the molecule is Cc1cc(F)ccc1NC1CC[CH-]CC1.[CH2-]C.[Co].[Co]. The van der Waals surface area contributed by atoms with Crippen LogP contribution in [0.3, 0.4) is 0 Å². The Balaban J connectivity index is 0. The minimum Gasteiger partial charge on any atom is -0.382 e. The molecule has 2 rings (SSSR count). The molecule has 0 saturated heterocycles. The van der Waals surface area contributed by atoms with Gasteiger partial charge < -0.3 is 18.7 Å². The van der Waals surface area contributed by atoms with Crippen LogP contribution in [0, 0.1) is 26.1 Å². The number of nitrogens with one attached hydrogen (secondary N) is 1. The quantitative estimate of drug-likeness (QED) is 0.771. The second-order valence-electron chi connectivity index (χ2n) is 4.24. The molecule has 0 aliphatic heterocycles. The Bertz CT molecular complexity index is 339. The van der Waals surface area contributed by atoms with Crippen LogP contribution in [0.15, 0.2) is 18.2 Å². The van der Waals surface area contributed by atoms with Gasteiger partial charge >= 0.3 is 0 Å². The fourth-order valence-electron chi connectivity index (χ4n) is 2.08. The average molecular weight is 353 g/mol. The Labute approximate surface area is 137 Å². The smallest absolute Gasteiger partial charge is 0.123 e. The molecule has 1 nitrogen and oxygen atoms in total. The van der Waals surface area contributed by atoms with Crippen molar-refractivity contribution in [2.75, 3.05) is 5.32 Å². The van der Waals surface area contributed by atoms with Crippen LogP contribution < -0.4 is 5.32 Å². The number of halogens is 1. The molecule has 0 heterocycles. The van der Waals surface area contributed by atoms with E-state index in [1.807, 2.05) is 13.0 Å². The van der Waals surface area contributed by atoms with Crippen molar-refractivity contribution in [2.24, 2.45) is 0 Å². The minimum absolute atomic E-state index is 0. The van der Waals surface area contributed by atoms with Gasteiger partial charge in [-0.3, -0.25) is 0 Å². The summed E-state index contributed by atoms with van der Waals surface area (Å²) in [4.78, 5) is 0. The molecule has 0 unspecified atom stereocenters. The molecule has 1 aliphatic rings. The first kappa shape index (κ1) is 21.3. The van der Waals surface area contributed by atoms with Gasteiger partial charge in [-0.1, -0.05) is 12.8 Å². The van der Waals surface area contributed by atoms with Gasteiger partial charge in [0.15, 0.2) is 0 Å². The van der Waals surface area contributed by atoms with Crippen molar-refractivity contribution in [2.45, 2.75) is 45.6 Å². The van der Waals surface area contributed by atoms with Gasteiger partial charge in [0, 0.05) is 45.3 Å². The first-order valence-electron chi connectivity index (χ1n) is 6.31. The van der Waals surface area contributed by atoms with E-state index in [2.05, 4.69) is 18.7 Å². The van der Waals surface area contributed by atoms with Crippen LogP contribution >= 0.6 is 0 Å². The van der Waals surface area contributed by atoms with Crippen molar-refractivity contribution in [1.29, 1.82) is 0 Å². The van der Waals surface area contributed by atoms with Crippen LogP contribution in [0.2, 0.25) is 0 Å². The van der Waals surface area contributed by atoms with Crippen LogP contribution in [-0.4, -0.2) is 6.04 Å². The molecule has 1 aliphatic carbocycles. The summed E-state index contributed by atoms with van der Waals surface area (Å²) < 4.78 is 12.9. The summed E-state index contributed by atoms with van der Waals surface area (Å²) in [6, 6.07) is 5.49. The molecule has 1 aromatic carbocycles. The van der Waals surface area contributed by atoms with Crippen molar-refractivity contribution >= 4 is 5.69 Å². The van der Waals surface area contributed by atoms with Crippen LogP contribution in [0.4, 0.5) is 10.1 Å². The molecular formula is C15H22Co2FN-2. The molecule has 1 N–H and O–H groups in total. The van der Waals surface area contributed by atoms with Gasteiger partial charge in [0.2, 0.25) is 0 Å². The maximum Gasteiger partial charge on any atom is 0.123 e. The Hall–Kier alpha value is -0.0370. The first-order valence-corrected chi connectivity index (χ1v) is 6.31. The molecule has 4 heteroatoms. The molecule has 0 aromatic heterocycles. The van der Waals surface area contributed by atoms with Crippen molar-refractivity contribution in [3.8, 4) is 0 Å². The third kappa shape index (κ3) is 7.35. The monoisotopic (exact) mass is 353 g/mol. The van der Waals surface area contributed by atoms with Crippen molar-refractivity contribution < 1.29 is 37.9 Å². The maximum atomic E-state index is 12.9. The molecule has 0 amide bonds. The first-order chi connectivity index (χ1) is 8.25. The van der Waals surface area contributed by atoms with Crippen molar-refractivity contribution in [3.63, 3.8) is 0 Å². The van der Waals surface area contributed by atoms with E-state index >= 15 is 0 Å². The van der Waals surface area contributed by atoms with E-state index in [-0.39, 0.29) is 39.4 Å². The van der Waals surface area contributed by atoms with Gasteiger partial charge in [-0.2, -0.15) is 19.8 Å². The predicted octanol–water partition coefficient (Wildman–Crippen LogP) is 4.53. The van der Waals surface area contributed by atoms with Gasteiger partial charge in [0.25, 0.3) is 0 Å². The maximum absolute atomic E-state index is 12.9. The number of benzene rings is 1.